The third-order valence-electron chi connectivity index (χ3n) is 5.22. The summed E-state index contributed by atoms with van der Waals surface area (Å²) in [6.07, 6.45) is -0.948. The molecular weight excluding hydrogens is 444 g/mol. The Bertz CT molecular complexity index is 1130. The quantitative estimate of drug-likeness (QED) is 0.572. The van der Waals surface area contributed by atoms with Crippen LogP contribution in [0.5, 0.6) is 0 Å². The van der Waals surface area contributed by atoms with Gasteiger partial charge in [-0.1, -0.05) is 18.2 Å². The zero-order valence-corrected chi connectivity index (χ0v) is 17.6. The van der Waals surface area contributed by atoms with Crippen LogP contribution in [-0.4, -0.2) is 51.0 Å². The van der Waals surface area contributed by atoms with Gasteiger partial charge in [0.1, 0.15) is 11.6 Å². The van der Waals surface area contributed by atoms with Gasteiger partial charge in [0, 0.05) is 12.7 Å². The smallest absolute Gasteiger partial charge is 0.475 e. The Kier molecular flexibility index (Phi) is 7.32. The molecule has 1 unspecified atom stereocenters. The zero-order chi connectivity index (χ0) is 24.2. The highest BCUT2D eigenvalue weighted by molar-refractivity contribution is 5.99. The van der Waals surface area contributed by atoms with E-state index in [4.69, 9.17) is 14.9 Å². The summed E-state index contributed by atoms with van der Waals surface area (Å²) in [6, 6.07) is 12.1. The van der Waals surface area contributed by atoms with Crippen molar-refractivity contribution in [2.45, 2.75) is 31.6 Å². The predicted molar refractivity (Wildman–Crippen MR) is 111 cm³/mol. The number of carbonyl (C=O) groups is 2. The Morgan fingerprint density at radius 3 is 2.42 bits per heavy atom. The Morgan fingerprint density at radius 2 is 1.85 bits per heavy atom. The zero-order valence-electron chi connectivity index (χ0n) is 17.6. The number of nitrogens with one attached hydrogen (secondary N) is 1. The lowest BCUT2D eigenvalue weighted by Gasteiger charge is -2.17. The molecule has 0 spiro atoms. The van der Waals surface area contributed by atoms with Crippen LogP contribution >= 0.6 is 0 Å². The highest BCUT2D eigenvalue weighted by Crippen LogP contribution is 2.31. The van der Waals surface area contributed by atoms with E-state index in [1.807, 2.05) is 28.8 Å². The van der Waals surface area contributed by atoms with Crippen LogP contribution in [0.25, 0.3) is 5.52 Å². The fourth-order valence-corrected chi connectivity index (χ4v) is 3.57. The van der Waals surface area contributed by atoms with Crippen molar-refractivity contribution in [3.05, 3.63) is 71.6 Å². The van der Waals surface area contributed by atoms with Crippen molar-refractivity contribution >= 4 is 17.4 Å². The molecule has 1 aliphatic rings. The molecule has 2 aromatic heterocycles. The van der Waals surface area contributed by atoms with Crippen molar-refractivity contribution in [3.8, 4) is 0 Å². The average Bonchev–Trinajstić information content (AvgIpc) is 3.36. The third kappa shape index (κ3) is 5.86. The first-order chi connectivity index (χ1) is 15.6. The first kappa shape index (κ1) is 24.2. The van der Waals surface area contributed by atoms with E-state index in [0.29, 0.717) is 12.2 Å². The summed E-state index contributed by atoms with van der Waals surface area (Å²) in [5, 5.41) is 10.0. The standard InChI is InChI=1S/C20H21FN4O.C2HF3O2/c1-24-11-4-6-17(24)19-23-18(16-5-2-3-12-25(16)19)20(26)22-13-14-7-9-15(21)10-8-14;3-2(4,5)1(6)7/h2-3,5,7-10,12,17H,4,6,11,13H2,1H3,(H,22,26);(H,6,7). The molecule has 1 aliphatic heterocycles. The first-order valence-electron chi connectivity index (χ1n) is 10.1. The largest absolute Gasteiger partial charge is 0.490 e. The van der Waals surface area contributed by atoms with Gasteiger partial charge in [0.25, 0.3) is 5.91 Å². The van der Waals surface area contributed by atoms with Gasteiger partial charge in [-0.3, -0.25) is 9.69 Å². The number of alkyl halides is 3. The van der Waals surface area contributed by atoms with Gasteiger partial charge in [-0.25, -0.2) is 14.2 Å². The number of aromatic nitrogens is 2. The van der Waals surface area contributed by atoms with Crippen molar-refractivity contribution in [1.29, 1.82) is 0 Å². The maximum atomic E-state index is 13.0. The lowest BCUT2D eigenvalue weighted by Crippen LogP contribution is -2.23. The second-order valence-corrected chi connectivity index (χ2v) is 7.53. The minimum Gasteiger partial charge on any atom is -0.475 e. The topological polar surface area (TPSA) is 86.9 Å². The average molecular weight is 466 g/mol. The monoisotopic (exact) mass is 466 g/mol. The fraction of sp³-hybridized carbons (Fsp3) is 0.318. The molecule has 1 atom stereocenters. The van der Waals surface area contributed by atoms with E-state index in [-0.39, 0.29) is 17.8 Å². The minimum absolute atomic E-state index is 0.218. The molecule has 33 heavy (non-hydrogen) atoms. The molecule has 1 saturated heterocycles. The summed E-state index contributed by atoms with van der Waals surface area (Å²) in [5.41, 5.74) is 2.08. The van der Waals surface area contributed by atoms with E-state index in [2.05, 4.69) is 17.3 Å². The maximum absolute atomic E-state index is 13.0. The molecule has 0 bridgehead atoms. The number of amides is 1. The van der Waals surface area contributed by atoms with E-state index in [9.17, 15) is 22.4 Å². The number of likely N-dealkylation sites (tertiary alicyclic amines) is 1. The summed E-state index contributed by atoms with van der Waals surface area (Å²) in [7, 11) is 2.09. The number of carbonyl (C=O) groups excluding carboxylic acids is 1. The normalized spacial score (nSPS) is 16.3. The maximum Gasteiger partial charge on any atom is 0.490 e. The number of fused-ring (bicyclic) bond motifs is 1. The van der Waals surface area contributed by atoms with Crippen LogP contribution < -0.4 is 5.32 Å². The van der Waals surface area contributed by atoms with E-state index in [0.717, 1.165) is 36.3 Å². The van der Waals surface area contributed by atoms with E-state index < -0.39 is 12.1 Å². The predicted octanol–water partition coefficient (Wildman–Crippen LogP) is 3.80. The molecule has 3 heterocycles. The molecule has 4 rings (SSSR count). The number of pyridine rings is 1. The fourth-order valence-electron chi connectivity index (χ4n) is 3.57. The summed E-state index contributed by atoms with van der Waals surface area (Å²) < 4.78 is 46.8. The number of rotatable bonds is 4. The van der Waals surface area contributed by atoms with Gasteiger partial charge in [0.15, 0.2) is 5.69 Å². The van der Waals surface area contributed by atoms with Crippen molar-refractivity contribution < 1.29 is 32.3 Å². The number of hydrogen-bond donors (Lipinski definition) is 2. The Labute approximate surface area is 186 Å². The van der Waals surface area contributed by atoms with Crippen LogP contribution in [0.15, 0.2) is 48.7 Å². The van der Waals surface area contributed by atoms with E-state index >= 15 is 0 Å². The number of imidazole rings is 1. The van der Waals surface area contributed by atoms with Crippen LogP contribution in [0, 0.1) is 5.82 Å². The van der Waals surface area contributed by atoms with Gasteiger partial charge in [-0.2, -0.15) is 13.2 Å². The van der Waals surface area contributed by atoms with Crippen molar-refractivity contribution in [1.82, 2.24) is 19.6 Å². The number of nitrogens with zero attached hydrogens (tertiary/aromatic N) is 3. The Morgan fingerprint density at radius 1 is 1.18 bits per heavy atom. The van der Waals surface area contributed by atoms with E-state index in [1.165, 1.54) is 12.1 Å². The molecule has 2 N–H and O–H groups in total. The lowest BCUT2D eigenvalue weighted by molar-refractivity contribution is -0.192. The van der Waals surface area contributed by atoms with Gasteiger partial charge in [0.05, 0.1) is 11.6 Å². The highest BCUT2D eigenvalue weighted by Gasteiger charge is 2.38. The number of carboxylic acids is 1. The van der Waals surface area contributed by atoms with Crippen LogP contribution in [0.2, 0.25) is 0 Å². The third-order valence-corrected chi connectivity index (χ3v) is 5.22. The molecule has 1 fully saturated rings. The number of benzene rings is 1. The molecule has 0 saturated carbocycles. The number of aliphatic carboxylic acids is 1. The number of halogens is 4. The Balaban J connectivity index is 0.000000383. The van der Waals surface area contributed by atoms with Crippen LogP contribution in [-0.2, 0) is 11.3 Å². The van der Waals surface area contributed by atoms with E-state index in [1.54, 1.807) is 12.1 Å². The van der Waals surface area contributed by atoms with Gasteiger partial charge in [-0.15, -0.1) is 0 Å². The van der Waals surface area contributed by atoms with Crippen LogP contribution in [0.4, 0.5) is 17.6 Å². The van der Waals surface area contributed by atoms with Crippen molar-refractivity contribution in [2.75, 3.05) is 13.6 Å². The SMILES string of the molecule is CN1CCCC1c1nc(C(=O)NCc2ccc(F)cc2)c2ccccn12.O=C(O)C(F)(F)F. The number of carboxylic acid groups (broad SMARTS) is 1. The first-order valence-corrected chi connectivity index (χ1v) is 10.1. The highest BCUT2D eigenvalue weighted by atomic mass is 19.4. The van der Waals surface area contributed by atoms with Gasteiger partial charge in [-0.05, 0) is 56.3 Å². The molecule has 1 aromatic carbocycles. The molecule has 3 aromatic rings. The molecule has 0 radical (unpaired) electrons. The van der Waals surface area contributed by atoms with Crippen molar-refractivity contribution in [2.24, 2.45) is 0 Å². The molecule has 7 nitrogen and oxygen atoms in total. The molecular formula is C22H22F4N4O3. The summed E-state index contributed by atoms with van der Waals surface area (Å²) in [5.74, 6) is -2.35. The van der Waals surface area contributed by atoms with Crippen LogP contribution in [0.1, 0.15) is 40.8 Å². The molecule has 176 valence electrons. The summed E-state index contributed by atoms with van der Waals surface area (Å²) >= 11 is 0. The van der Waals surface area contributed by atoms with Gasteiger partial charge in [0.2, 0.25) is 0 Å². The molecule has 0 aliphatic carbocycles. The molecule has 1 amide bonds. The Hall–Kier alpha value is -3.47. The summed E-state index contributed by atoms with van der Waals surface area (Å²) in [6.45, 7) is 1.38. The van der Waals surface area contributed by atoms with Gasteiger partial charge < -0.3 is 14.8 Å². The number of hydrogen-bond acceptors (Lipinski definition) is 4. The van der Waals surface area contributed by atoms with Gasteiger partial charge >= 0.3 is 12.1 Å². The second kappa shape index (κ2) is 9.99. The van der Waals surface area contributed by atoms with Crippen LogP contribution in [0.3, 0.4) is 0 Å². The lowest BCUT2D eigenvalue weighted by atomic mass is 10.2. The summed E-state index contributed by atoms with van der Waals surface area (Å²) in [4.78, 5) is 28.6. The minimum atomic E-state index is -5.08. The van der Waals surface area contributed by atoms with Crippen molar-refractivity contribution in [3.63, 3.8) is 0 Å². The molecule has 11 heteroatoms. The second-order valence-electron chi connectivity index (χ2n) is 7.53.